The fourth-order valence-corrected chi connectivity index (χ4v) is 4.71. The van der Waals surface area contributed by atoms with Crippen LogP contribution >= 0.6 is 11.8 Å². The number of carbonyl (C=O) groups is 1. The summed E-state index contributed by atoms with van der Waals surface area (Å²) in [4.78, 5) is 15.1. The zero-order valence-corrected chi connectivity index (χ0v) is 19.3. The molecule has 0 radical (unpaired) electrons. The Kier molecular flexibility index (Phi) is 7.49. The first kappa shape index (κ1) is 22.4. The lowest BCUT2D eigenvalue weighted by atomic mass is 10.0. The summed E-state index contributed by atoms with van der Waals surface area (Å²) in [6, 6.07) is 11.9. The molecule has 3 heterocycles. The van der Waals surface area contributed by atoms with Gasteiger partial charge in [-0.3, -0.25) is 9.69 Å². The van der Waals surface area contributed by atoms with E-state index >= 15 is 0 Å². The Morgan fingerprint density at radius 2 is 1.97 bits per heavy atom. The van der Waals surface area contributed by atoms with Crippen molar-refractivity contribution in [3.63, 3.8) is 0 Å². The maximum absolute atomic E-state index is 12.6. The number of thioether (sulfide) groups is 1. The Labute approximate surface area is 192 Å². The van der Waals surface area contributed by atoms with Crippen LogP contribution in [0.2, 0.25) is 0 Å². The number of nitrogens with one attached hydrogen (secondary N) is 1. The minimum Gasteiger partial charge on any atom is -0.497 e. The highest BCUT2D eigenvalue weighted by Gasteiger charge is 2.23. The number of rotatable bonds is 9. The molecule has 0 bridgehead atoms. The van der Waals surface area contributed by atoms with Gasteiger partial charge in [0.05, 0.1) is 25.2 Å². The van der Waals surface area contributed by atoms with E-state index in [1.807, 2.05) is 35.9 Å². The van der Waals surface area contributed by atoms with Crippen LogP contribution in [0, 0.1) is 0 Å². The Morgan fingerprint density at radius 3 is 2.66 bits per heavy atom. The first-order valence-electron chi connectivity index (χ1n) is 10.9. The standard InChI is InChI=1S/C23H29N5O3S/c1-27-22(20-7-6-14-31-20)25-26-23(27)32-16-21(29)24-15-19(28-12-4-3-5-13-28)17-8-10-18(30-2)11-9-17/h6-11,14,19H,3-5,12-13,15-16H2,1-2H3,(H,24,29). The Morgan fingerprint density at radius 1 is 1.19 bits per heavy atom. The minimum atomic E-state index is -0.0203. The van der Waals surface area contributed by atoms with E-state index in [-0.39, 0.29) is 17.7 Å². The molecule has 1 aliphatic heterocycles. The third-order valence-corrected chi connectivity index (χ3v) is 6.75. The molecule has 32 heavy (non-hydrogen) atoms. The molecule has 1 unspecified atom stereocenters. The van der Waals surface area contributed by atoms with Crippen LogP contribution in [0.4, 0.5) is 0 Å². The molecule has 0 aliphatic carbocycles. The first-order chi connectivity index (χ1) is 15.7. The number of hydrogen-bond donors (Lipinski definition) is 1. The Balaban J connectivity index is 1.35. The first-order valence-corrected chi connectivity index (χ1v) is 11.8. The average Bonchev–Trinajstić information content (AvgIpc) is 3.49. The second kappa shape index (κ2) is 10.7. The number of likely N-dealkylation sites (tertiary alicyclic amines) is 1. The SMILES string of the molecule is COc1ccc(C(CNC(=O)CSc2nnc(-c3ccco3)n2C)N2CCCCC2)cc1. The lowest BCUT2D eigenvalue weighted by Crippen LogP contribution is -2.41. The molecule has 2 aromatic heterocycles. The summed E-state index contributed by atoms with van der Waals surface area (Å²) >= 11 is 1.37. The lowest BCUT2D eigenvalue weighted by Gasteiger charge is -2.35. The molecule has 170 valence electrons. The van der Waals surface area contributed by atoms with Gasteiger partial charge in [0, 0.05) is 13.6 Å². The van der Waals surface area contributed by atoms with E-state index in [4.69, 9.17) is 9.15 Å². The normalized spacial score (nSPS) is 15.4. The second-order valence-electron chi connectivity index (χ2n) is 7.82. The maximum atomic E-state index is 12.6. The van der Waals surface area contributed by atoms with Crippen LogP contribution < -0.4 is 10.1 Å². The molecule has 0 saturated carbocycles. The fraction of sp³-hybridized carbons (Fsp3) is 0.435. The number of carbonyl (C=O) groups excluding carboxylic acids is 1. The molecule has 1 N–H and O–H groups in total. The fourth-order valence-electron chi connectivity index (χ4n) is 3.97. The van der Waals surface area contributed by atoms with Crippen molar-refractivity contribution in [1.29, 1.82) is 0 Å². The van der Waals surface area contributed by atoms with E-state index in [0.29, 0.717) is 23.3 Å². The minimum absolute atomic E-state index is 0.0203. The van der Waals surface area contributed by atoms with E-state index in [2.05, 4.69) is 32.5 Å². The molecular weight excluding hydrogens is 426 g/mol. The molecule has 1 atom stereocenters. The van der Waals surface area contributed by atoms with Crippen molar-refractivity contribution in [3.05, 3.63) is 48.2 Å². The number of benzene rings is 1. The number of amides is 1. The predicted molar refractivity (Wildman–Crippen MR) is 124 cm³/mol. The molecular formula is C23H29N5O3S. The van der Waals surface area contributed by atoms with Crippen LogP contribution in [0.15, 0.2) is 52.2 Å². The smallest absolute Gasteiger partial charge is 0.230 e. The molecule has 1 aromatic carbocycles. The highest BCUT2D eigenvalue weighted by Crippen LogP contribution is 2.26. The van der Waals surface area contributed by atoms with Crippen molar-refractivity contribution in [2.24, 2.45) is 7.05 Å². The van der Waals surface area contributed by atoms with Gasteiger partial charge in [0.15, 0.2) is 16.7 Å². The largest absolute Gasteiger partial charge is 0.497 e. The highest BCUT2D eigenvalue weighted by molar-refractivity contribution is 7.99. The van der Waals surface area contributed by atoms with Gasteiger partial charge in [-0.05, 0) is 55.8 Å². The van der Waals surface area contributed by atoms with Crippen LogP contribution in [0.3, 0.4) is 0 Å². The number of furan rings is 1. The van der Waals surface area contributed by atoms with Crippen molar-refractivity contribution in [2.45, 2.75) is 30.5 Å². The van der Waals surface area contributed by atoms with Crippen molar-refractivity contribution >= 4 is 17.7 Å². The zero-order chi connectivity index (χ0) is 22.3. The van der Waals surface area contributed by atoms with Crippen LogP contribution in [0.1, 0.15) is 30.9 Å². The van der Waals surface area contributed by atoms with Crippen LogP contribution in [-0.2, 0) is 11.8 Å². The highest BCUT2D eigenvalue weighted by atomic mass is 32.2. The number of hydrogen-bond acceptors (Lipinski definition) is 7. The Bertz CT molecular complexity index is 997. The number of aromatic nitrogens is 3. The number of piperidine rings is 1. The summed E-state index contributed by atoms with van der Waals surface area (Å²) in [6.07, 6.45) is 5.26. The summed E-state index contributed by atoms with van der Waals surface area (Å²) in [7, 11) is 3.54. The summed E-state index contributed by atoms with van der Waals surface area (Å²) in [5, 5.41) is 12.2. The van der Waals surface area contributed by atoms with Gasteiger partial charge in [0.2, 0.25) is 5.91 Å². The molecule has 1 saturated heterocycles. The van der Waals surface area contributed by atoms with Gasteiger partial charge < -0.3 is 19.0 Å². The van der Waals surface area contributed by atoms with Crippen molar-refractivity contribution in [1.82, 2.24) is 25.0 Å². The Hall–Kier alpha value is -2.78. The van der Waals surface area contributed by atoms with E-state index < -0.39 is 0 Å². The average molecular weight is 456 g/mol. The molecule has 0 spiro atoms. The molecule has 1 fully saturated rings. The quantitative estimate of drug-likeness (QED) is 0.494. The summed E-state index contributed by atoms with van der Waals surface area (Å²) in [6.45, 7) is 2.67. The van der Waals surface area contributed by atoms with Crippen molar-refractivity contribution in [2.75, 3.05) is 32.5 Å². The zero-order valence-electron chi connectivity index (χ0n) is 18.5. The van der Waals surface area contributed by atoms with Gasteiger partial charge in [-0.2, -0.15) is 0 Å². The number of methoxy groups -OCH3 is 1. The molecule has 4 rings (SSSR count). The summed E-state index contributed by atoms with van der Waals surface area (Å²) in [5.74, 6) is 2.39. The third kappa shape index (κ3) is 5.34. The summed E-state index contributed by atoms with van der Waals surface area (Å²) in [5.41, 5.74) is 1.19. The van der Waals surface area contributed by atoms with E-state index in [0.717, 1.165) is 18.8 Å². The van der Waals surface area contributed by atoms with Crippen LogP contribution in [0.5, 0.6) is 5.75 Å². The monoisotopic (exact) mass is 455 g/mol. The summed E-state index contributed by atoms with van der Waals surface area (Å²) < 4.78 is 12.5. The van der Waals surface area contributed by atoms with E-state index in [1.54, 1.807) is 13.4 Å². The molecule has 3 aromatic rings. The number of nitrogens with zero attached hydrogens (tertiary/aromatic N) is 4. The van der Waals surface area contributed by atoms with Gasteiger partial charge in [-0.1, -0.05) is 30.3 Å². The molecule has 1 amide bonds. The van der Waals surface area contributed by atoms with Gasteiger partial charge in [0.1, 0.15) is 5.75 Å². The van der Waals surface area contributed by atoms with Crippen LogP contribution in [-0.4, -0.2) is 58.1 Å². The molecule has 1 aliphatic rings. The van der Waals surface area contributed by atoms with Gasteiger partial charge in [-0.25, -0.2) is 0 Å². The van der Waals surface area contributed by atoms with Gasteiger partial charge in [-0.15, -0.1) is 10.2 Å². The third-order valence-electron chi connectivity index (χ3n) is 5.73. The number of ether oxygens (including phenoxy) is 1. The topological polar surface area (TPSA) is 85.4 Å². The van der Waals surface area contributed by atoms with Gasteiger partial charge in [0.25, 0.3) is 0 Å². The molecule has 8 nitrogen and oxygen atoms in total. The van der Waals surface area contributed by atoms with Gasteiger partial charge >= 0.3 is 0 Å². The second-order valence-corrected chi connectivity index (χ2v) is 8.76. The van der Waals surface area contributed by atoms with E-state index in [9.17, 15) is 4.79 Å². The van der Waals surface area contributed by atoms with Crippen molar-refractivity contribution in [3.8, 4) is 17.3 Å². The van der Waals surface area contributed by atoms with Crippen molar-refractivity contribution < 1.29 is 13.9 Å². The maximum Gasteiger partial charge on any atom is 0.230 e. The van der Waals surface area contributed by atoms with Crippen LogP contribution in [0.25, 0.3) is 11.6 Å². The predicted octanol–water partition coefficient (Wildman–Crippen LogP) is 3.52. The lowest BCUT2D eigenvalue weighted by molar-refractivity contribution is -0.118. The molecule has 9 heteroatoms. The van der Waals surface area contributed by atoms with E-state index in [1.165, 1.54) is 36.6 Å².